The van der Waals surface area contributed by atoms with E-state index in [0.717, 1.165) is 6.42 Å². The third-order valence-corrected chi connectivity index (χ3v) is 0.945. The molecule has 0 radical (unpaired) electrons. The summed E-state index contributed by atoms with van der Waals surface area (Å²) in [6, 6.07) is 0. The third-order valence-electron chi connectivity index (χ3n) is 0.945. The van der Waals surface area contributed by atoms with Crippen LogP contribution in [0.1, 0.15) is 6.42 Å². The molecule has 0 aromatic rings. The van der Waals surface area contributed by atoms with E-state index >= 15 is 0 Å². The SMILES string of the molecule is NCCCOCCOOC(N)=O. The lowest BCUT2D eigenvalue weighted by molar-refractivity contribution is -0.242. The Kier molecular flexibility index (Phi) is 7.66. The zero-order valence-electron chi connectivity index (χ0n) is 6.82. The van der Waals surface area contributed by atoms with Gasteiger partial charge >= 0.3 is 6.09 Å². The van der Waals surface area contributed by atoms with Crippen LogP contribution >= 0.6 is 0 Å². The third kappa shape index (κ3) is 9.15. The van der Waals surface area contributed by atoms with Gasteiger partial charge in [-0.3, -0.25) is 4.89 Å². The van der Waals surface area contributed by atoms with Crippen LogP contribution in [0.15, 0.2) is 0 Å². The lowest BCUT2D eigenvalue weighted by Gasteiger charge is -2.02. The van der Waals surface area contributed by atoms with Crippen LogP contribution in [0.5, 0.6) is 0 Å². The van der Waals surface area contributed by atoms with Gasteiger partial charge in [0.25, 0.3) is 0 Å². The van der Waals surface area contributed by atoms with Crippen LogP contribution in [-0.2, 0) is 14.5 Å². The Morgan fingerprint density at radius 2 is 2.00 bits per heavy atom. The van der Waals surface area contributed by atoms with Crippen LogP contribution in [0, 0.1) is 0 Å². The number of carbonyl (C=O) groups is 1. The Balaban J connectivity index is 2.86. The summed E-state index contributed by atoms with van der Waals surface area (Å²) < 4.78 is 5.02. The molecule has 0 aliphatic carbocycles. The van der Waals surface area contributed by atoms with E-state index in [4.69, 9.17) is 10.5 Å². The predicted octanol–water partition coefficient (Wildman–Crippen LogP) is -0.621. The maximum atomic E-state index is 9.95. The molecule has 12 heavy (non-hydrogen) atoms. The summed E-state index contributed by atoms with van der Waals surface area (Å²) in [4.78, 5) is 18.3. The molecular formula is C6H14N2O4. The lowest BCUT2D eigenvalue weighted by Crippen LogP contribution is -2.16. The molecule has 0 aromatic carbocycles. The maximum Gasteiger partial charge on any atom is 0.436 e. The summed E-state index contributed by atoms with van der Waals surface area (Å²) in [5.74, 6) is 0. The van der Waals surface area contributed by atoms with Crippen molar-refractivity contribution in [3.8, 4) is 0 Å². The van der Waals surface area contributed by atoms with E-state index in [1.165, 1.54) is 0 Å². The molecule has 0 spiro atoms. The molecule has 0 rings (SSSR count). The first-order valence-corrected chi connectivity index (χ1v) is 3.64. The van der Waals surface area contributed by atoms with Crippen LogP contribution in [0.3, 0.4) is 0 Å². The van der Waals surface area contributed by atoms with Crippen molar-refractivity contribution in [2.75, 3.05) is 26.4 Å². The average Bonchev–Trinajstić information content (AvgIpc) is 2.02. The van der Waals surface area contributed by atoms with Gasteiger partial charge in [0.15, 0.2) is 0 Å². The Morgan fingerprint density at radius 1 is 1.25 bits per heavy atom. The first kappa shape index (κ1) is 11.2. The highest BCUT2D eigenvalue weighted by Crippen LogP contribution is 1.82. The van der Waals surface area contributed by atoms with Gasteiger partial charge < -0.3 is 16.2 Å². The smallest absolute Gasteiger partial charge is 0.379 e. The van der Waals surface area contributed by atoms with E-state index in [2.05, 4.69) is 15.5 Å². The number of hydrogen-bond acceptors (Lipinski definition) is 5. The summed E-state index contributed by atoms with van der Waals surface area (Å²) in [7, 11) is 0. The molecule has 0 atom stereocenters. The minimum absolute atomic E-state index is 0.174. The van der Waals surface area contributed by atoms with Crippen molar-refractivity contribution in [1.29, 1.82) is 0 Å². The van der Waals surface area contributed by atoms with Gasteiger partial charge in [-0.25, -0.2) is 4.79 Å². The molecule has 1 amide bonds. The number of ether oxygens (including phenoxy) is 1. The Labute approximate surface area is 70.7 Å². The first-order valence-electron chi connectivity index (χ1n) is 3.64. The summed E-state index contributed by atoms with van der Waals surface area (Å²) in [6.07, 6.45) is -0.159. The number of primary amides is 1. The molecule has 0 saturated carbocycles. The monoisotopic (exact) mass is 178 g/mol. The Morgan fingerprint density at radius 3 is 2.58 bits per heavy atom. The second-order valence-corrected chi connectivity index (χ2v) is 1.98. The Hall–Kier alpha value is -0.850. The lowest BCUT2D eigenvalue weighted by atomic mass is 10.5. The molecule has 0 saturated heterocycles. The molecule has 0 aromatic heterocycles. The molecule has 4 N–H and O–H groups in total. The molecule has 0 bridgehead atoms. The fourth-order valence-electron chi connectivity index (χ4n) is 0.480. The highest BCUT2D eigenvalue weighted by Gasteiger charge is 1.93. The number of carbonyl (C=O) groups excluding carboxylic acids is 1. The van der Waals surface area contributed by atoms with Gasteiger partial charge in [0.1, 0.15) is 6.61 Å². The summed E-state index contributed by atoms with van der Waals surface area (Å²) in [6.45, 7) is 1.70. The molecule has 72 valence electrons. The van der Waals surface area contributed by atoms with Crippen LogP contribution in [0.2, 0.25) is 0 Å². The van der Waals surface area contributed by atoms with E-state index in [-0.39, 0.29) is 6.61 Å². The van der Waals surface area contributed by atoms with Crippen molar-refractivity contribution in [3.05, 3.63) is 0 Å². The summed E-state index contributed by atoms with van der Waals surface area (Å²) in [5, 5.41) is 0. The van der Waals surface area contributed by atoms with Crippen LogP contribution in [-0.4, -0.2) is 32.5 Å². The van der Waals surface area contributed by atoms with Gasteiger partial charge in [-0.2, -0.15) is 4.89 Å². The Bertz CT molecular complexity index is 120. The average molecular weight is 178 g/mol. The largest absolute Gasteiger partial charge is 0.436 e. The molecule has 6 nitrogen and oxygen atoms in total. The molecule has 0 unspecified atom stereocenters. The fraction of sp³-hybridized carbons (Fsp3) is 0.833. The van der Waals surface area contributed by atoms with Gasteiger partial charge in [-0.1, -0.05) is 0 Å². The van der Waals surface area contributed by atoms with E-state index < -0.39 is 6.09 Å². The second-order valence-electron chi connectivity index (χ2n) is 1.98. The van der Waals surface area contributed by atoms with Gasteiger partial charge in [0.05, 0.1) is 6.61 Å². The van der Waals surface area contributed by atoms with E-state index in [1.807, 2.05) is 0 Å². The van der Waals surface area contributed by atoms with Gasteiger partial charge in [0.2, 0.25) is 0 Å². The van der Waals surface area contributed by atoms with E-state index in [9.17, 15) is 4.79 Å². The highest BCUT2D eigenvalue weighted by atomic mass is 17.2. The van der Waals surface area contributed by atoms with Crippen molar-refractivity contribution in [3.63, 3.8) is 0 Å². The number of amides is 1. The van der Waals surface area contributed by atoms with Gasteiger partial charge in [-0.15, -0.1) is 0 Å². The van der Waals surface area contributed by atoms with E-state index in [0.29, 0.717) is 19.8 Å². The molecule has 0 aliphatic rings. The fourth-order valence-corrected chi connectivity index (χ4v) is 0.480. The van der Waals surface area contributed by atoms with Gasteiger partial charge in [-0.05, 0) is 13.0 Å². The minimum Gasteiger partial charge on any atom is -0.379 e. The first-order chi connectivity index (χ1) is 5.77. The van der Waals surface area contributed by atoms with Crippen molar-refractivity contribution in [2.45, 2.75) is 6.42 Å². The van der Waals surface area contributed by atoms with Crippen LogP contribution < -0.4 is 11.5 Å². The van der Waals surface area contributed by atoms with E-state index in [1.54, 1.807) is 0 Å². The number of nitrogens with two attached hydrogens (primary N) is 2. The number of rotatable bonds is 7. The number of hydrogen-bond donors (Lipinski definition) is 2. The van der Waals surface area contributed by atoms with Crippen molar-refractivity contribution < 1.29 is 19.3 Å². The minimum atomic E-state index is -0.961. The standard InChI is InChI=1S/C6H14N2O4/c7-2-1-3-10-4-5-11-12-6(8)9/h1-5,7H2,(H2,8,9). The van der Waals surface area contributed by atoms with Crippen molar-refractivity contribution in [1.82, 2.24) is 0 Å². The van der Waals surface area contributed by atoms with Crippen molar-refractivity contribution >= 4 is 6.09 Å². The molecule has 6 heteroatoms. The molecule has 0 heterocycles. The quantitative estimate of drug-likeness (QED) is 0.307. The second kappa shape index (κ2) is 8.25. The normalized spacial score (nSPS) is 9.75. The van der Waals surface area contributed by atoms with Gasteiger partial charge in [0, 0.05) is 6.61 Å². The predicted molar refractivity (Wildman–Crippen MR) is 41.1 cm³/mol. The molecule has 0 fully saturated rings. The van der Waals surface area contributed by atoms with Crippen molar-refractivity contribution in [2.24, 2.45) is 11.5 Å². The molecular weight excluding hydrogens is 164 g/mol. The van der Waals surface area contributed by atoms with Crippen LogP contribution in [0.4, 0.5) is 4.79 Å². The zero-order chi connectivity index (χ0) is 9.23. The maximum absolute atomic E-state index is 9.95. The summed E-state index contributed by atoms with van der Waals surface area (Å²) in [5.41, 5.74) is 9.82. The summed E-state index contributed by atoms with van der Waals surface area (Å²) >= 11 is 0. The highest BCUT2D eigenvalue weighted by molar-refractivity contribution is 5.63. The topological polar surface area (TPSA) is 96.8 Å². The molecule has 0 aliphatic heterocycles. The zero-order valence-corrected chi connectivity index (χ0v) is 6.82. The van der Waals surface area contributed by atoms with Crippen LogP contribution in [0.25, 0.3) is 0 Å².